The first-order valence-corrected chi connectivity index (χ1v) is 7.72. The maximum absolute atomic E-state index is 12.6. The number of halogens is 3. The monoisotopic (exact) mass is 362 g/mol. The molecule has 0 radical (unpaired) electrons. The molecule has 0 fully saturated rings. The molecule has 0 aliphatic carbocycles. The second-order valence-electron chi connectivity index (χ2n) is 5.34. The molecule has 1 N–H and O–H groups in total. The molecule has 0 unspecified atom stereocenters. The molecule has 3 rings (SSSR count). The van der Waals surface area contributed by atoms with Crippen molar-refractivity contribution in [1.82, 2.24) is 14.9 Å². The fourth-order valence-corrected chi connectivity index (χ4v) is 2.46. The number of aromatic amines is 1. The Kier molecular flexibility index (Phi) is 4.54. The summed E-state index contributed by atoms with van der Waals surface area (Å²) >= 11 is 5.18. The van der Waals surface area contributed by atoms with Crippen LogP contribution in [0, 0.1) is 11.7 Å². The first-order valence-electron chi connectivity index (χ1n) is 7.31. The SMILES string of the molecule is Cc1ccccc1-c1n[nH]c(=S)n1/N=C\c1ccc(C(F)(F)F)cc1. The summed E-state index contributed by atoms with van der Waals surface area (Å²) in [4.78, 5) is 0. The molecule has 0 amide bonds. The van der Waals surface area contributed by atoms with Crippen LogP contribution >= 0.6 is 12.2 Å². The summed E-state index contributed by atoms with van der Waals surface area (Å²) in [5.74, 6) is 0.534. The minimum atomic E-state index is -4.36. The van der Waals surface area contributed by atoms with Crippen LogP contribution in [0.2, 0.25) is 0 Å². The van der Waals surface area contributed by atoms with E-state index in [0.717, 1.165) is 23.3 Å². The molecule has 0 spiro atoms. The maximum Gasteiger partial charge on any atom is 0.416 e. The lowest BCUT2D eigenvalue weighted by Gasteiger charge is -2.06. The zero-order chi connectivity index (χ0) is 18.0. The van der Waals surface area contributed by atoms with Crippen LogP contribution in [0.4, 0.5) is 13.2 Å². The highest BCUT2D eigenvalue weighted by Gasteiger charge is 2.29. The summed E-state index contributed by atoms with van der Waals surface area (Å²) < 4.78 is 39.5. The van der Waals surface area contributed by atoms with Crippen molar-refractivity contribution in [2.75, 3.05) is 0 Å². The van der Waals surface area contributed by atoms with Gasteiger partial charge >= 0.3 is 6.18 Å². The number of alkyl halides is 3. The van der Waals surface area contributed by atoms with Crippen molar-refractivity contribution in [3.05, 3.63) is 70.0 Å². The minimum Gasteiger partial charge on any atom is -0.250 e. The van der Waals surface area contributed by atoms with E-state index >= 15 is 0 Å². The van der Waals surface area contributed by atoms with Crippen LogP contribution in [-0.4, -0.2) is 21.1 Å². The number of H-pyrrole nitrogens is 1. The summed E-state index contributed by atoms with van der Waals surface area (Å²) in [6, 6.07) is 12.4. The van der Waals surface area contributed by atoms with Gasteiger partial charge in [-0.25, -0.2) is 5.10 Å². The third-order valence-corrected chi connectivity index (χ3v) is 3.86. The lowest BCUT2D eigenvalue weighted by Crippen LogP contribution is -2.04. The fourth-order valence-electron chi connectivity index (χ4n) is 2.28. The number of rotatable bonds is 3. The second kappa shape index (κ2) is 6.64. The van der Waals surface area contributed by atoms with Gasteiger partial charge < -0.3 is 0 Å². The number of benzene rings is 2. The largest absolute Gasteiger partial charge is 0.416 e. The van der Waals surface area contributed by atoms with Crippen LogP contribution in [-0.2, 0) is 6.18 Å². The van der Waals surface area contributed by atoms with Crippen molar-refractivity contribution in [1.29, 1.82) is 0 Å². The van der Waals surface area contributed by atoms with Crippen LogP contribution in [0.1, 0.15) is 16.7 Å². The Balaban J connectivity index is 1.94. The van der Waals surface area contributed by atoms with E-state index in [4.69, 9.17) is 12.2 Å². The van der Waals surface area contributed by atoms with Gasteiger partial charge in [-0.3, -0.25) is 0 Å². The van der Waals surface area contributed by atoms with Crippen molar-refractivity contribution < 1.29 is 13.2 Å². The summed E-state index contributed by atoms with van der Waals surface area (Å²) in [6.45, 7) is 1.94. The first kappa shape index (κ1) is 17.1. The molecule has 4 nitrogen and oxygen atoms in total. The van der Waals surface area contributed by atoms with Gasteiger partial charge in [-0.05, 0) is 42.4 Å². The van der Waals surface area contributed by atoms with E-state index in [1.54, 1.807) is 0 Å². The Hall–Kier alpha value is -2.74. The number of hydrogen-bond donors (Lipinski definition) is 1. The van der Waals surface area contributed by atoms with Crippen molar-refractivity contribution in [3.8, 4) is 11.4 Å². The highest BCUT2D eigenvalue weighted by Crippen LogP contribution is 2.29. The Bertz CT molecular complexity index is 969. The Morgan fingerprint density at radius 2 is 1.80 bits per heavy atom. The van der Waals surface area contributed by atoms with Crippen molar-refractivity contribution in [3.63, 3.8) is 0 Å². The summed E-state index contributed by atoms with van der Waals surface area (Å²) in [5, 5.41) is 11.1. The number of aromatic nitrogens is 3. The lowest BCUT2D eigenvalue weighted by atomic mass is 10.1. The van der Waals surface area contributed by atoms with E-state index in [1.807, 2.05) is 31.2 Å². The quantitative estimate of drug-likeness (QED) is 0.536. The van der Waals surface area contributed by atoms with Gasteiger partial charge in [0.25, 0.3) is 0 Å². The van der Waals surface area contributed by atoms with E-state index in [-0.39, 0.29) is 0 Å². The Morgan fingerprint density at radius 1 is 1.12 bits per heavy atom. The summed E-state index contributed by atoms with van der Waals surface area (Å²) in [6.07, 6.45) is -2.92. The maximum atomic E-state index is 12.6. The third-order valence-electron chi connectivity index (χ3n) is 3.60. The van der Waals surface area contributed by atoms with Gasteiger partial charge in [0.05, 0.1) is 11.8 Å². The van der Waals surface area contributed by atoms with Gasteiger partial charge in [-0.2, -0.15) is 28.0 Å². The summed E-state index contributed by atoms with van der Waals surface area (Å²) in [5.41, 5.74) is 1.68. The molecule has 0 aliphatic rings. The zero-order valence-corrected chi connectivity index (χ0v) is 13.9. The predicted octanol–water partition coefficient (Wildman–Crippen LogP) is 4.82. The summed E-state index contributed by atoms with van der Waals surface area (Å²) in [7, 11) is 0. The van der Waals surface area contributed by atoms with Crippen LogP contribution in [0.3, 0.4) is 0 Å². The minimum absolute atomic E-state index is 0.293. The van der Waals surface area contributed by atoms with E-state index in [1.165, 1.54) is 23.0 Å². The fraction of sp³-hybridized carbons (Fsp3) is 0.118. The Morgan fingerprint density at radius 3 is 2.44 bits per heavy atom. The molecule has 1 heterocycles. The van der Waals surface area contributed by atoms with Gasteiger partial charge in [0, 0.05) is 5.56 Å². The van der Waals surface area contributed by atoms with Crippen LogP contribution in [0.15, 0.2) is 53.6 Å². The van der Waals surface area contributed by atoms with E-state index in [9.17, 15) is 13.2 Å². The molecule has 3 aromatic rings. The smallest absolute Gasteiger partial charge is 0.250 e. The molecule has 2 aromatic carbocycles. The van der Waals surface area contributed by atoms with E-state index in [2.05, 4.69) is 15.3 Å². The van der Waals surface area contributed by atoms with Crippen molar-refractivity contribution in [2.24, 2.45) is 5.10 Å². The molecule has 1 aromatic heterocycles. The molecule has 0 saturated heterocycles. The van der Waals surface area contributed by atoms with Gasteiger partial charge in [0.1, 0.15) is 0 Å². The molecule has 0 aliphatic heterocycles. The van der Waals surface area contributed by atoms with Gasteiger partial charge in [0.15, 0.2) is 5.82 Å². The molecule has 0 bridgehead atoms. The topological polar surface area (TPSA) is 46.0 Å². The predicted molar refractivity (Wildman–Crippen MR) is 92.0 cm³/mol. The molecule has 0 saturated carbocycles. The van der Waals surface area contributed by atoms with Gasteiger partial charge in [-0.15, -0.1) is 0 Å². The molecular weight excluding hydrogens is 349 g/mol. The van der Waals surface area contributed by atoms with E-state index < -0.39 is 11.7 Å². The van der Waals surface area contributed by atoms with E-state index in [0.29, 0.717) is 16.2 Å². The first-order chi connectivity index (χ1) is 11.9. The molecule has 0 atom stereocenters. The molecule has 128 valence electrons. The average Bonchev–Trinajstić information content (AvgIpc) is 2.93. The van der Waals surface area contributed by atoms with Gasteiger partial charge in [0.2, 0.25) is 4.77 Å². The number of hydrogen-bond acceptors (Lipinski definition) is 3. The normalized spacial score (nSPS) is 12.0. The Labute approximate surface area is 146 Å². The number of nitrogens with one attached hydrogen (secondary N) is 1. The zero-order valence-electron chi connectivity index (χ0n) is 13.1. The number of nitrogens with zero attached hydrogens (tertiary/aromatic N) is 3. The van der Waals surface area contributed by atoms with Crippen LogP contribution in [0.5, 0.6) is 0 Å². The number of aryl methyl sites for hydroxylation is 1. The second-order valence-corrected chi connectivity index (χ2v) is 5.73. The molecule has 25 heavy (non-hydrogen) atoms. The van der Waals surface area contributed by atoms with Crippen molar-refractivity contribution in [2.45, 2.75) is 13.1 Å². The van der Waals surface area contributed by atoms with Crippen LogP contribution in [0.25, 0.3) is 11.4 Å². The highest BCUT2D eigenvalue weighted by molar-refractivity contribution is 7.71. The average molecular weight is 362 g/mol. The highest BCUT2D eigenvalue weighted by atomic mass is 32.1. The molecular formula is C17H13F3N4S. The third kappa shape index (κ3) is 3.69. The van der Waals surface area contributed by atoms with Gasteiger partial charge in [-0.1, -0.05) is 36.4 Å². The van der Waals surface area contributed by atoms with Crippen molar-refractivity contribution >= 4 is 18.4 Å². The van der Waals surface area contributed by atoms with Crippen LogP contribution < -0.4 is 0 Å². The molecule has 8 heteroatoms. The lowest BCUT2D eigenvalue weighted by molar-refractivity contribution is -0.137. The standard InChI is InChI=1S/C17H13F3N4S/c1-11-4-2-3-5-14(11)15-22-23-16(25)24(15)21-10-12-6-8-13(9-7-12)17(18,19)20/h2-10H,1H3,(H,23,25)/b21-10-.